The maximum absolute atomic E-state index is 12.4. The molecule has 0 unspecified atom stereocenters. The summed E-state index contributed by atoms with van der Waals surface area (Å²) in [6.07, 6.45) is 0. The molecule has 6 nitrogen and oxygen atoms in total. The number of rotatable bonds is 9. The van der Waals surface area contributed by atoms with Crippen molar-refractivity contribution in [2.24, 2.45) is 0 Å². The van der Waals surface area contributed by atoms with Crippen LogP contribution < -0.4 is 10.1 Å². The van der Waals surface area contributed by atoms with Gasteiger partial charge in [0.15, 0.2) is 0 Å². The van der Waals surface area contributed by atoms with E-state index in [2.05, 4.69) is 5.32 Å². The van der Waals surface area contributed by atoms with Gasteiger partial charge in [-0.25, -0.2) is 0 Å². The highest BCUT2D eigenvalue weighted by molar-refractivity contribution is 6.30. The maximum Gasteiger partial charge on any atom is 0.251 e. The summed E-state index contributed by atoms with van der Waals surface area (Å²) in [7, 11) is 5.26. The van der Waals surface area contributed by atoms with Gasteiger partial charge >= 0.3 is 0 Å². The molecule has 2 rings (SSSR count). The van der Waals surface area contributed by atoms with Gasteiger partial charge < -0.3 is 15.0 Å². The summed E-state index contributed by atoms with van der Waals surface area (Å²) in [5.41, 5.74) is 1.65. The minimum absolute atomic E-state index is 0.0178. The van der Waals surface area contributed by atoms with Gasteiger partial charge in [-0.1, -0.05) is 23.7 Å². The Kier molecular flexibility index (Phi) is 8.29. The molecule has 2 amide bonds. The van der Waals surface area contributed by atoms with E-state index >= 15 is 0 Å². The van der Waals surface area contributed by atoms with E-state index in [0.717, 1.165) is 11.3 Å². The second-order valence-electron chi connectivity index (χ2n) is 6.57. The molecule has 2 aromatic rings. The van der Waals surface area contributed by atoms with Crippen LogP contribution in [-0.2, 0) is 11.3 Å². The van der Waals surface area contributed by atoms with E-state index in [4.69, 9.17) is 16.3 Å². The lowest BCUT2D eigenvalue weighted by molar-refractivity contribution is -0.131. The van der Waals surface area contributed by atoms with Gasteiger partial charge in [0.05, 0.1) is 13.1 Å². The third-order valence-corrected chi connectivity index (χ3v) is 4.49. The number of ether oxygens (including phenoxy) is 1. The molecule has 28 heavy (non-hydrogen) atoms. The molecule has 0 aliphatic carbocycles. The van der Waals surface area contributed by atoms with Crippen LogP contribution in [0.5, 0.6) is 5.75 Å². The number of likely N-dealkylation sites (N-methyl/N-ethyl adjacent to an activating group) is 2. The highest BCUT2D eigenvalue weighted by Crippen LogP contribution is 2.15. The average molecular weight is 404 g/mol. The Morgan fingerprint density at radius 2 is 1.68 bits per heavy atom. The molecule has 0 bridgehead atoms. The number of hydrogen-bond acceptors (Lipinski definition) is 4. The summed E-state index contributed by atoms with van der Waals surface area (Å²) < 4.78 is 5.62. The van der Waals surface area contributed by atoms with E-state index in [1.54, 1.807) is 55.4 Å². The minimum Gasteiger partial charge on any atom is -0.492 e. The number of carbonyl (C=O) groups is 2. The van der Waals surface area contributed by atoms with Gasteiger partial charge in [0, 0.05) is 31.2 Å². The van der Waals surface area contributed by atoms with Crippen molar-refractivity contribution < 1.29 is 14.3 Å². The van der Waals surface area contributed by atoms with E-state index in [0.29, 0.717) is 36.8 Å². The van der Waals surface area contributed by atoms with Crippen molar-refractivity contribution >= 4 is 23.4 Å². The Morgan fingerprint density at radius 1 is 1.04 bits per heavy atom. The van der Waals surface area contributed by atoms with E-state index < -0.39 is 0 Å². The van der Waals surface area contributed by atoms with Crippen LogP contribution in [0.3, 0.4) is 0 Å². The van der Waals surface area contributed by atoms with Crippen molar-refractivity contribution in [3.8, 4) is 5.75 Å². The Morgan fingerprint density at radius 3 is 2.29 bits per heavy atom. The first-order chi connectivity index (χ1) is 13.4. The lowest BCUT2D eigenvalue weighted by Gasteiger charge is -2.22. The Hall–Kier alpha value is -2.57. The summed E-state index contributed by atoms with van der Waals surface area (Å²) in [5, 5.41) is 3.25. The predicted molar refractivity (Wildman–Crippen MR) is 111 cm³/mol. The Labute approximate surface area is 171 Å². The molecule has 0 spiro atoms. The topological polar surface area (TPSA) is 61.9 Å². The Bertz CT molecular complexity index is 778. The number of nitrogens with zero attached hydrogens (tertiary/aromatic N) is 2. The number of halogens is 1. The largest absolute Gasteiger partial charge is 0.492 e. The molecule has 0 saturated carbocycles. The second-order valence-corrected chi connectivity index (χ2v) is 7.00. The highest BCUT2D eigenvalue weighted by Gasteiger charge is 2.12. The zero-order chi connectivity index (χ0) is 20.5. The monoisotopic (exact) mass is 403 g/mol. The molecule has 0 aromatic heterocycles. The summed E-state index contributed by atoms with van der Waals surface area (Å²) in [6.45, 7) is 1.83. The lowest BCUT2D eigenvalue weighted by Crippen LogP contribution is -2.38. The fourth-order valence-electron chi connectivity index (χ4n) is 2.58. The van der Waals surface area contributed by atoms with E-state index in [1.807, 2.05) is 24.1 Å². The summed E-state index contributed by atoms with van der Waals surface area (Å²) >= 11 is 5.84. The first-order valence-electron chi connectivity index (χ1n) is 9.01. The van der Waals surface area contributed by atoms with Gasteiger partial charge in [-0.3, -0.25) is 14.5 Å². The number of nitrogens with one attached hydrogen (secondary N) is 1. The zero-order valence-corrected chi connectivity index (χ0v) is 17.2. The SMILES string of the molecule is CNC(=O)c1ccc(CN(C)CC(=O)N(C)CCOc2ccc(Cl)cc2)cc1. The molecule has 0 aliphatic rings. The average Bonchev–Trinajstić information content (AvgIpc) is 2.69. The highest BCUT2D eigenvalue weighted by atomic mass is 35.5. The van der Waals surface area contributed by atoms with Crippen LogP contribution in [0, 0.1) is 0 Å². The first-order valence-corrected chi connectivity index (χ1v) is 9.38. The predicted octanol–water partition coefficient (Wildman–Crippen LogP) is 2.67. The molecule has 0 aliphatic heterocycles. The van der Waals surface area contributed by atoms with Crippen molar-refractivity contribution in [3.05, 3.63) is 64.7 Å². The molecular formula is C21H26ClN3O3. The summed E-state index contributed by atoms with van der Waals surface area (Å²) in [6, 6.07) is 14.5. The molecule has 0 heterocycles. The van der Waals surface area contributed by atoms with Crippen molar-refractivity contribution in [1.29, 1.82) is 0 Å². The quantitative estimate of drug-likeness (QED) is 0.699. The molecular weight excluding hydrogens is 378 g/mol. The van der Waals surface area contributed by atoms with Crippen molar-refractivity contribution in [2.45, 2.75) is 6.54 Å². The normalized spacial score (nSPS) is 10.6. The standard InChI is InChI=1S/C21H26ClN3O3/c1-23-21(27)17-6-4-16(5-7-17)14-24(2)15-20(26)25(3)12-13-28-19-10-8-18(22)9-11-19/h4-11H,12-15H2,1-3H3,(H,23,27). The molecule has 0 saturated heterocycles. The van der Waals surface area contributed by atoms with Gasteiger partial charge in [0.2, 0.25) is 5.91 Å². The molecule has 0 radical (unpaired) electrons. The van der Waals surface area contributed by atoms with E-state index in [1.165, 1.54) is 0 Å². The van der Waals surface area contributed by atoms with Crippen molar-refractivity contribution in [2.75, 3.05) is 40.8 Å². The molecule has 150 valence electrons. The van der Waals surface area contributed by atoms with Gasteiger partial charge in [-0.05, 0) is 49.0 Å². The summed E-state index contributed by atoms with van der Waals surface area (Å²) in [5.74, 6) is 0.629. The van der Waals surface area contributed by atoms with E-state index in [-0.39, 0.29) is 11.8 Å². The van der Waals surface area contributed by atoms with Gasteiger partial charge in [-0.15, -0.1) is 0 Å². The second kappa shape index (κ2) is 10.7. The van der Waals surface area contributed by atoms with Gasteiger partial charge in [0.1, 0.15) is 12.4 Å². The van der Waals surface area contributed by atoms with Crippen LogP contribution in [0.25, 0.3) is 0 Å². The molecule has 0 fully saturated rings. The Balaban J connectivity index is 1.74. The maximum atomic E-state index is 12.4. The third kappa shape index (κ3) is 6.87. The number of amides is 2. The third-order valence-electron chi connectivity index (χ3n) is 4.24. The van der Waals surface area contributed by atoms with E-state index in [9.17, 15) is 9.59 Å². The number of benzene rings is 2. The van der Waals surface area contributed by atoms with Crippen LogP contribution >= 0.6 is 11.6 Å². The van der Waals surface area contributed by atoms with Gasteiger partial charge in [-0.2, -0.15) is 0 Å². The van der Waals surface area contributed by atoms with Crippen LogP contribution in [0.2, 0.25) is 5.02 Å². The van der Waals surface area contributed by atoms with Crippen LogP contribution in [0.1, 0.15) is 15.9 Å². The van der Waals surface area contributed by atoms with Crippen LogP contribution in [-0.4, -0.2) is 62.5 Å². The lowest BCUT2D eigenvalue weighted by atomic mass is 10.1. The molecule has 7 heteroatoms. The number of hydrogen-bond donors (Lipinski definition) is 1. The van der Waals surface area contributed by atoms with Crippen molar-refractivity contribution in [3.63, 3.8) is 0 Å². The zero-order valence-electron chi connectivity index (χ0n) is 16.4. The summed E-state index contributed by atoms with van der Waals surface area (Å²) in [4.78, 5) is 27.5. The van der Waals surface area contributed by atoms with Gasteiger partial charge in [0.25, 0.3) is 5.91 Å². The number of carbonyl (C=O) groups excluding carboxylic acids is 2. The smallest absolute Gasteiger partial charge is 0.251 e. The minimum atomic E-state index is -0.113. The molecule has 1 N–H and O–H groups in total. The fraction of sp³-hybridized carbons (Fsp3) is 0.333. The van der Waals surface area contributed by atoms with Crippen molar-refractivity contribution in [1.82, 2.24) is 15.1 Å². The molecule has 2 aromatic carbocycles. The first kappa shape index (κ1) is 21.7. The fourth-order valence-corrected chi connectivity index (χ4v) is 2.71. The van der Waals surface area contributed by atoms with Crippen LogP contribution in [0.4, 0.5) is 0 Å². The molecule has 0 atom stereocenters. The van der Waals surface area contributed by atoms with Crippen LogP contribution in [0.15, 0.2) is 48.5 Å².